The molecule has 3 heteroatoms. The molecular weight excluding hydrogens is 277 g/mol. The van der Waals surface area contributed by atoms with E-state index in [1.807, 2.05) is 31.2 Å². The van der Waals surface area contributed by atoms with Crippen LogP contribution in [0.1, 0.15) is 24.0 Å². The third kappa shape index (κ3) is 2.79. The van der Waals surface area contributed by atoms with Crippen LogP contribution < -0.4 is 0 Å². The van der Waals surface area contributed by atoms with E-state index in [9.17, 15) is 9.50 Å². The van der Waals surface area contributed by atoms with E-state index in [0.29, 0.717) is 12.8 Å². The van der Waals surface area contributed by atoms with Gasteiger partial charge in [-0.25, -0.2) is 4.39 Å². The second kappa shape index (κ2) is 5.82. The third-order valence-electron chi connectivity index (χ3n) is 4.70. The van der Waals surface area contributed by atoms with Gasteiger partial charge in [-0.05, 0) is 61.2 Å². The van der Waals surface area contributed by atoms with Crippen molar-refractivity contribution in [1.29, 1.82) is 0 Å². The first kappa shape index (κ1) is 15.2. The van der Waals surface area contributed by atoms with Crippen molar-refractivity contribution in [3.05, 3.63) is 59.4 Å². The second-order valence-corrected chi connectivity index (χ2v) is 6.34. The fourth-order valence-corrected chi connectivity index (χ4v) is 3.34. The summed E-state index contributed by atoms with van der Waals surface area (Å²) in [6.45, 7) is 3.75. The Hall–Kier alpha value is -1.71. The molecule has 2 aromatic carbocycles. The summed E-state index contributed by atoms with van der Waals surface area (Å²) in [6, 6.07) is 12.6. The molecule has 0 aromatic heterocycles. The monoisotopic (exact) mass is 299 g/mol. The van der Waals surface area contributed by atoms with Crippen LogP contribution in [-0.4, -0.2) is 30.1 Å². The van der Waals surface area contributed by atoms with Crippen molar-refractivity contribution in [1.82, 2.24) is 4.90 Å². The second-order valence-electron chi connectivity index (χ2n) is 6.34. The molecule has 3 rings (SSSR count). The smallest absolute Gasteiger partial charge is 0.123 e. The van der Waals surface area contributed by atoms with Gasteiger partial charge in [0.1, 0.15) is 5.82 Å². The molecule has 22 heavy (non-hydrogen) atoms. The quantitative estimate of drug-likeness (QED) is 0.913. The molecule has 0 atom stereocenters. The van der Waals surface area contributed by atoms with Crippen molar-refractivity contribution in [2.45, 2.75) is 25.4 Å². The van der Waals surface area contributed by atoms with Gasteiger partial charge in [0.2, 0.25) is 0 Å². The molecular formula is C19H22FNO. The number of benzene rings is 2. The Labute approximate surface area is 131 Å². The van der Waals surface area contributed by atoms with Crippen molar-refractivity contribution < 1.29 is 9.50 Å². The zero-order chi connectivity index (χ0) is 15.7. The average molecular weight is 299 g/mol. The molecule has 0 unspecified atom stereocenters. The lowest BCUT2D eigenvalue weighted by atomic mass is 9.79. The summed E-state index contributed by atoms with van der Waals surface area (Å²) < 4.78 is 13.6. The van der Waals surface area contributed by atoms with Crippen molar-refractivity contribution in [3.8, 4) is 11.1 Å². The first-order valence-corrected chi connectivity index (χ1v) is 7.76. The number of hydrogen-bond acceptors (Lipinski definition) is 2. The maximum Gasteiger partial charge on any atom is 0.123 e. The van der Waals surface area contributed by atoms with Gasteiger partial charge in [0.05, 0.1) is 5.60 Å². The highest BCUT2D eigenvalue weighted by Crippen LogP contribution is 2.40. The Balaban J connectivity index is 2.11. The number of aliphatic hydroxyl groups is 1. The summed E-state index contributed by atoms with van der Waals surface area (Å²) in [5.41, 5.74) is 2.95. The maximum atomic E-state index is 13.6. The van der Waals surface area contributed by atoms with Crippen molar-refractivity contribution >= 4 is 0 Å². The summed E-state index contributed by atoms with van der Waals surface area (Å²) in [5, 5.41) is 11.2. The van der Waals surface area contributed by atoms with E-state index in [2.05, 4.69) is 11.9 Å². The molecule has 1 saturated heterocycles. The molecule has 1 N–H and O–H groups in total. The van der Waals surface area contributed by atoms with E-state index in [-0.39, 0.29) is 5.82 Å². The molecule has 116 valence electrons. The van der Waals surface area contributed by atoms with Crippen LogP contribution in [0.2, 0.25) is 0 Å². The fourth-order valence-electron chi connectivity index (χ4n) is 3.34. The predicted molar refractivity (Wildman–Crippen MR) is 87.2 cm³/mol. The summed E-state index contributed by atoms with van der Waals surface area (Å²) >= 11 is 0. The van der Waals surface area contributed by atoms with Crippen LogP contribution in [0.4, 0.5) is 4.39 Å². The molecule has 0 aliphatic carbocycles. The lowest BCUT2D eigenvalue weighted by Crippen LogP contribution is -2.41. The Morgan fingerprint density at radius 1 is 1.09 bits per heavy atom. The van der Waals surface area contributed by atoms with Crippen LogP contribution in [-0.2, 0) is 5.60 Å². The molecule has 1 aliphatic heterocycles. The van der Waals surface area contributed by atoms with Crippen LogP contribution in [0.25, 0.3) is 11.1 Å². The van der Waals surface area contributed by atoms with Crippen molar-refractivity contribution in [2.24, 2.45) is 0 Å². The predicted octanol–water partition coefficient (Wildman–Crippen LogP) is 3.71. The van der Waals surface area contributed by atoms with Gasteiger partial charge in [0.25, 0.3) is 0 Å². The highest BCUT2D eigenvalue weighted by Gasteiger charge is 2.35. The van der Waals surface area contributed by atoms with Gasteiger partial charge in [-0.3, -0.25) is 0 Å². The van der Waals surface area contributed by atoms with Crippen LogP contribution in [0.3, 0.4) is 0 Å². The number of rotatable bonds is 2. The van der Waals surface area contributed by atoms with E-state index in [1.165, 1.54) is 6.07 Å². The Bertz CT molecular complexity index is 675. The SMILES string of the molecule is Cc1cccc(C2(O)CCN(C)CC2)c1-c1cccc(F)c1. The number of likely N-dealkylation sites (tertiary alicyclic amines) is 1. The lowest BCUT2D eigenvalue weighted by molar-refractivity contribution is -0.0198. The summed E-state index contributed by atoms with van der Waals surface area (Å²) in [5.74, 6) is -0.248. The number of piperidine rings is 1. The third-order valence-corrected chi connectivity index (χ3v) is 4.70. The molecule has 0 spiro atoms. The van der Waals surface area contributed by atoms with Crippen molar-refractivity contribution in [3.63, 3.8) is 0 Å². The minimum Gasteiger partial charge on any atom is -0.385 e. The van der Waals surface area contributed by atoms with Gasteiger partial charge in [-0.15, -0.1) is 0 Å². The van der Waals surface area contributed by atoms with Gasteiger partial charge in [0.15, 0.2) is 0 Å². The van der Waals surface area contributed by atoms with Crippen LogP contribution in [0.15, 0.2) is 42.5 Å². The molecule has 0 radical (unpaired) electrons. The fraction of sp³-hybridized carbons (Fsp3) is 0.368. The first-order valence-electron chi connectivity index (χ1n) is 7.76. The Morgan fingerprint density at radius 3 is 2.45 bits per heavy atom. The average Bonchev–Trinajstić information content (AvgIpc) is 2.50. The zero-order valence-corrected chi connectivity index (χ0v) is 13.1. The van der Waals surface area contributed by atoms with Gasteiger partial charge in [-0.2, -0.15) is 0 Å². The molecule has 1 aliphatic rings. The van der Waals surface area contributed by atoms with Crippen LogP contribution in [0, 0.1) is 12.7 Å². The summed E-state index contributed by atoms with van der Waals surface area (Å²) in [6.07, 6.45) is 1.41. The highest BCUT2D eigenvalue weighted by molar-refractivity contribution is 5.72. The summed E-state index contributed by atoms with van der Waals surface area (Å²) in [7, 11) is 2.07. The number of halogens is 1. The zero-order valence-electron chi connectivity index (χ0n) is 13.1. The van der Waals surface area contributed by atoms with Crippen LogP contribution >= 0.6 is 0 Å². The van der Waals surface area contributed by atoms with Crippen LogP contribution in [0.5, 0.6) is 0 Å². The van der Waals surface area contributed by atoms with Gasteiger partial charge < -0.3 is 10.0 Å². The largest absolute Gasteiger partial charge is 0.385 e. The lowest BCUT2D eigenvalue weighted by Gasteiger charge is -2.38. The highest BCUT2D eigenvalue weighted by atomic mass is 19.1. The summed E-state index contributed by atoms with van der Waals surface area (Å²) in [4.78, 5) is 2.23. The molecule has 0 saturated carbocycles. The minimum absolute atomic E-state index is 0.248. The van der Waals surface area contributed by atoms with Gasteiger partial charge >= 0.3 is 0 Å². The van der Waals surface area contributed by atoms with E-state index in [0.717, 1.165) is 35.3 Å². The normalized spacial score (nSPS) is 18.4. The Kier molecular flexibility index (Phi) is 4.02. The van der Waals surface area contributed by atoms with Gasteiger partial charge in [-0.1, -0.05) is 30.3 Å². The van der Waals surface area contributed by atoms with E-state index in [4.69, 9.17) is 0 Å². The molecule has 1 fully saturated rings. The molecule has 2 aromatic rings. The van der Waals surface area contributed by atoms with E-state index < -0.39 is 5.60 Å². The number of aryl methyl sites for hydroxylation is 1. The van der Waals surface area contributed by atoms with Gasteiger partial charge in [0, 0.05) is 13.1 Å². The van der Waals surface area contributed by atoms with Crippen molar-refractivity contribution in [2.75, 3.05) is 20.1 Å². The van der Waals surface area contributed by atoms with E-state index >= 15 is 0 Å². The molecule has 2 nitrogen and oxygen atoms in total. The van der Waals surface area contributed by atoms with E-state index in [1.54, 1.807) is 12.1 Å². The first-order chi connectivity index (χ1) is 10.5. The Morgan fingerprint density at radius 2 is 1.77 bits per heavy atom. The standard InChI is InChI=1S/C19H22FNO/c1-14-5-3-8-17(19(22)9-11-21(2)12-10-19)18(14)15-6-4-7-16(20)13-15/h3-8,13,22H,9-12H2,1-2H3. The topological polar surface area (TPSA) is 23.5 Å². The number of hydrogen-bond donors (Lipinski definition) is 1. The molecule has 1 heterocycles. The molecule has 0 bridgehead atoms. The minimum atomic E-state index is -0.833. The number of nitrogens with zero attached hydrogens (tertiary/aromatic N) is 1. The maximum absolute atomic E-state index is 13.6. The molecule has 0 amide bonds.